The van der Waals surface area contributed by atoms with Crippen molar-refractivity contribution in [3.63, 3.8) is 0 Å². The van der Waals surface area contributed by atoms with Gasteiger partial charge in [-0.05, 0) is 18.4 Å². The predicted octanol–water partition coefficient (Wildman–Crippen LogP) is 1.54. The van der Waals surface area contributed by atoms with Crippen molar-refractivity contribution in [1.29, 1.82) is 0 Å². The van der Waals surface area contributed by atoms with Crippen molar-refractivity contribution < 1.29 is 13.2 Å². The van der Waals surface area contributed by atoms with Crippen LogP contribution in [0, 0.1) is 5.41 Å². The van der Waals surface area contributed by atoms with Gasteiger partial charge in [0.1, 0.15) is 0 Å². The minimum atomic E-state index is -4.08. The van der Waals surface area contributed by atoms with Gasteiger partial charge in [-0.3, -0.25) is 4.90 Å². The lowest BCUT2D eigenvalue weighted by Crippen LogP contribution is -2.51. The third-order valence-electron chi connectivity index (χ3n) is 3.34. The average Bonchev–Trinajstić information content (AvgIpc) is 2.18. The summed E-state index contributed by atoms with van der Waals surface area (Å²) in [5.74, 6) is 0. The van der Waals surface area contributed by atoms with Crippen LogP contribution in [0.2, 0.25) is 0 Å². The molecule has 0 spiro atoms. The molecule has 1 aliphatic heterocycles. The topological polar surface area (TPSA) is 32.5 Å². The molecule has 6 heteroatoms. The minimum Gasteiger partial charge on any atom is -0.330 e. The molecule has 0 aromatic carbocycles. The number of nitrogens with zero attached hydrogens (tertiary/aromatic N) is 2. The maximum atomic E-state index is 12.2. The second-order valence-electron chi connectivity index (χ2n) is 5.87. The van der Waals surface area contributed by atoms with Crippen molar-refractivity contribution in [3.05, 3.63) is 0 Å². The SMILES string of the molecule is CC(C)(CCN)CN1CCN(CC(F)(F)F)CC1. The Kier molecular flexibility index (Phi) is 5.43. The van der Waals surface area contributed by atoms with Crippen molar-refractivity contribution in [2.45, 2.75) is 26.4 Å². The summed E-state index contributed by atoms with van der Waals surface area (Å²) in [6.07, 6.45) is -3.14. The van der Waals surface area contributed by atoms with Crippen molar-refractivity contribution in [3.8, 4) is 0 Å². The van der Waals surface area contributed by atoms with E-state index in [0.29, 0.717) is 32.7 Å². The van der Waals surface area contributed by atoms with E-state index in [9.17, 15) is 13.2 Å². The van der Waals surface area contributed by atoms with Gasteiger partial charge < -0.3 is 10.6 Å². The third kappa shape index (κ3) is 6.02. The summed E-state index contributed by atoms with van der Waals surface area (Å²) < 4.78 is 36.7. The molecule has 0 bridgehead atoms. The second kappa shape index (κ2) is 6.21. The summed E-state index contributed by atoms with van der Waals surface area (Å²) in [6.45, 7) is 7.51. The van der Waals surface area contributed by atoms with E-state index < -0.39 is 12.7 Å². The van der Waals surface area contributed by atoms with Gasteiger partial charge >= 0.3 is 6.18 Å². The lowest BCUT2D eigenvalue weighted by Gasteiger charge is -2.39. The standard InChI is InChI=1S/C12H24F3N3/c1-11(2,3-4-16)9-17-5-7-18(8-6-17)10-12(13,14)15/h3-10,16H2,1-2H3. The zero-order valence-corrected chi connectivity index (χ0v) is 11.3. The number of halogens is 3. The fourth-order valence-corrected chi connectivity index (χ4v) is 2.43. The highest BCUT2D eigenvalue weighted by molar-refractivity contribution is 4.79. The van der Waals surface area contributed by atoms with E-state index in [2.05, 4.69) is 18.7 Å². The van der Waals surface area contributed by atoms with Gasteiger partial charge in [0.25, 0.3) is 0 Å². The zero-order valence-electron chi connectivity index (χ0n) is 11.3. The largest absolute Gasteiger partial charge is 0.401 e. The third-order valence-corrected chi connectivity index (χ3v) is 3.34. The number of hydrogen-bond donors (Lipinski definition) is 1. The molecule has 3 nitrogen and oxygen atoms in total. The van der Waals surface area contributed by atoms with Gasteiger partial charge in [0, 0.05) is 32.7 Å². The number of nitrogens with two attached hydrogens (primary N) is 1. The fraction of sp³-hybridized carbons (Fsp3) is 1.00. The van der Waals surface area contributed by atoms with Gasteiger partial charge in [-0.1, -0.05) is 13.8 Å². The van der Waals surface area contributed by atoms with E-state index in [4.69, 9.17) is 5.73 Å². The van der Waals surface area contributed by atoms with E-state index in [1.165, 1.54) is 4.90 Å². The number of hydrogen-bond acceptors (Lipinski definition) is 3. The molecule has 0 unspecified atom stereocenters. The van der Waals surface area contributed by atoms with Gasteiger partial charge in [-0.2, -0.15) is 13.2 Å². The Bertz CT molecular complexity index is 245. The molecule has 1 aliphatic rings. The van der Waals surface area contributed by atoms with Crippen LogP contribution >= 0.6 is 0 Å². The van der Waals surface area contributed by atoms with Crippen LogP contribution in [-0.2, 0) is 0 Å². The van der Waals surface area contributed by atoms with Gasteiger partial charge in [0.05, 0.1) is 6.54 Å². The Morgan fingerprint density at radius 2 is 1.39 bits per heavy atom. The molecule has 0 amide bonds. The lowest BCUT2D eigenvalue weighted by molar-refractivity contribution is -0.149. The smallest absolute Gasteiger partial charge is 0.330 e. The lowest BCUT2D eigenvalue weighted by atomic mass is 9.88. The first kappa shape index (κ1) is 15.7. The Morgan fingerprint density at radius 1 is 0.944 bits per heavy atom. The summed E-state index contributed by atoms with van der Waals surface area (Å²) in [5, 5.41) is 0. The van der Waals surface area contributed by atoms with Crippen LogP contribution in [0.1, 0.15) is 20.3 Å². The summed E-state index contributed by atoms with van der Waals surface area (Å²) in [5.41, 5.74) is 5.70. The van der Waals surface area contributed by atoms with Crippen LogP contribution in [0.25, 0.3) is 0 Å². The number of alkyl halides is 3. The first-order valence-corrected chi connectivity index (χ1v) is 6.43. The van der Waals surface area contributed by atoms with Gasteiger partial charge in [-0.25, -0.2) is 0 Å². The highest BCUT2D eigenvalue weighted by atomic mass is 19.4. The Balaban J connectivity index is 2.31. The molecular weight excluding hydrogens is 243 g/mol. The zero-order chi connectivity index (χ0) is 13.8. The first-order valence-electron chi connectivity index (χ1n) is 6.43. The molecule has 0 saturated carbocycles. The van der Waals surface area contributed by atoms with Crippen molar-refractivity contribution in [2.75, 3.05) is 45.8 Å². The summed E-state index contributed by atoms with van der Waals surface area (Å²) in [4.78, 5) is 3.72. The van der Waals surface area contributed by atoms with Crippen molar-refractivity contribution in [2.24, 2.45) is 11.1 Å². The molecule has 0 aromatic heterocycles. The quantitative estimate of drug-likeness (QED) is 0.820. The summed E-state index contributed by atoms with van der Waals surface area (Å²) in [7, 11) is 0. The van der Waals surface area contributed by atoms with E-state index in [1.807, 2.05) is 0 Å². The normalized spacial score (nSPS) is 20.3. The maximum absolute atomic E-state index is 12.2. The highest BCUT2D eigenvalue weighted by Gasteiger charge is 2.32. The second-order valence-corrected chi connectivity index (χ2v) is 5.87. The molecule has 1 fully saturated rings. The summed E-state index contributed by atoms with van der Waals surface area (Å²) in [6, 6.07) is 0. The van der Waals surface area contributed by atoms with E-state index >= 15 is 0 Å². The molecule has 1 rings (SSSR count). The van der Waals surface area contributed by atoms with Crippen LogP contribution < -0.4 is 5.73 Å². The van der Waals surface area contributed by atoms with Gasteiger partial charge in [-0.15, -0.1) is 0 Å². The van der Waals surface area contributed by atoms with Crippen LogP contribution in [0.4, 0.5) is 13.2 Å². The molecular formula is C12H24F3N3. The number of piperazine rings is 1. The fourth-order valence-electron chi connectivity index (χ4n) is 2.43. The number of rotatable bonds is 5. The molecule has 1 saturated heterocycles. The van der Waals surface area contributed by atoms with E-state index in [-0.39, 0.29) is 5.41 Å². The Hall–Kier alpha value is -0.330. The average molecular weight is 267 g/mol. The van der Waals surface area contributed by atoms with Gasteiger partial charge in [0.2, 0.25) is 0 Å². The molecule has 2 N–H and O–H groups in total. The van der Waals surface area contributed by atoms with Crippen LogP contribution in [0.3, 0.4) is 0 Å². The molecule has 108 valence electrons. The molecule has 18 heavy (non-hydrogen) atoms. The monoisotopic (exact) mass is 267 g/mol. The molecule has 1 heterocycles. The van der Waals surface area contributed by atoms with Crippen molar-refractivity contribution in [1.82, 2.24) is 9.80 Å². The molecule has 0 aromatic rings. The van der Waals surface area contributed by atoms with Crippen LogP contribution in [0.15, 0.2) is 0 Å². The van der Waals surface area contributed by atoms with Crippen molar-refractivity contribution >= 4 is 0 Å². The Labute approximate surface area is 107 Å². The van der Waals surface area contributed by atoms with E-state index in [1.54, 1.807) is 0 Å². The molecule has 0 atom stereocenters. The summed E-state index contributed by atoms with van der Waals surface area (Å²) >= 11 is 0. The molecule has 0 aliphatic carbocycles. The minimum absolute atomic E-state index is 0.140. The highest BCUT2D eigenvalue weighted by Crippen LogP contribution is 2.22. The molecule has 0 radical (unpaired) electrons. The van der Waals surface area contributed by atoms with Gasteiger partial charge in [0.15, 0.2) is 0 Å². The van der Waals surface area contributed by atoms with Crippen LogP contribution in [-0.4, -0.2) is 61.8 Å². The first-order chi connectivity index (χ1) is 8.22. The maximum Gasteiger partial charge on any atom is 0.401 e. The Morgan fingerprint density at radius 3 is 1.78 bits per heavy atom. The predicted molar refractivity (Wildman–Crippen MR) is 66.4 cm³/mol. The van der Waals surface area contributed by atoms with Crippen LogP contribution in [0.5, 0.6) is 0 Å². The van der Waals surface area contributed by atoms with E-state index in [0.717, 1.165) is 13.0 Å².